The lowest BCUT2D eigenvalue weighted by atomic mass is 10.1. The van der Waals surface area contributed by atoms with Gasteiger partial charge in [-0.1, -0.05) is 22.9 Å². The molecule has 1 rings (SSSR count). The zero-order valence-corrected chi connectivity index (χ0v) is 10.9. The first-order valence-corrected chi connectivity index (χ1v) is 6.05. The lowest BCUT2D eigenvalue weighted by Crippen LogP contribution is -2.28. The summed E-state index contributed by atoms with van der Waals surface area (Å²) in [5.41, 5.74) is 0.713. The fourth-order valence-corrected chi connectivity index (χ4v) is 1.86. The van der Waals surface area contributed by atoms with Gasteiger partial charge in [-0.15, -0.1) is 0 Å². The van der Waals surface area contributed by atoms with E-state index in [0.29, 0.717) is 11.6 Å². The number of rotatable bonds is 4. The SMILES string of the molecule is CCC(C)NC(C)c1cc(Br)ccc1F. The summed E-state index contributed by atoms with van der Waals surface area (Å²) in [6.45, 7) is 6.20. The Balaban J connectivity index is 2.80. The zero-order valence-electron chi connectivity index (χ0n) is 9.35. The molecule has 3 heteroatoms. The molecular weight excluding hydrogens is 257 g/mol. The van der Waals surface area contributed by atoms with E-state index in [4.69, 9.17) is 0 Å². The third-order valence-corrected chi connectivity index (χ3v) is 3.06. The summed E-state index contributed by atoms with van der Waals surface area (Å²) in [5.74, 6) is -0.151. The molecule has 0 aliphatic heterocycles. The molecule has 2 atom stereocenters. The van der Waals surface area contributed by atoms with E-state index in [0.717, 1.165) is 10.9 Å². The van der Waals surface area contributed by atoms with E-state index < -0.39 is 0 Å². The second-order valence-corrected chi connectivity index (χ2v) is 4.78. The Bertz CT molecular complexity index is 327. The molecule has 0 fully saturated rings. The topological polar surface area (TPSA) is 12.0 Å². The second-order valence-electron chi connectivity index (χ2n) is 3.86. The minimum Gasteiger partial charge on any atom is -0.308 e. The van der Waals surface area contributed by atoms with Crippen LogP contribution in [0.3, 0.4) is 0 Å². The molecule has 0 saturated heterocycles. The number of hydrogen-bond donors (Lipinski definition) is 1. The summed E-state index contributed by atoms with van der Waals surface area (Å²) in [7, 11) is 0. The van der Waals surface area contributed by atoms with Crippen molar-refractivity contribution in [1.29, 1.82) is 0 Å². The molecule has 0 aliphatic rings. The van der Waals surface area contributed by atoms with Crippen LogP contribution >= 0.6 is 15.9 Å². The van der Waals surface area contributed by atoms with Gasteiger partial charge >= 0.3 is 0 Å². The van der Waals surface area contributed by atoms with Crippen LogP contribution in [0.1, 0.15) is 38.8 Å². The third kappa shape index (κ3) is 3.58. The van der Waals surface area contributed by atoms with Crippen LogP contribution in [0.15, 0.2) is 22.7 Å². The lowest BCUT2D eigenvalue weighted by molar-refractivity contribution is 0.454. The van der Waals surface area contributed by atoms with E-state index in [2.05, 4.69) is 35.1 Å². The summed E-state index contributed by atoms with van der Waals surface area (Å²) in [5, 5.41) is 3.35. The van der Waals surface area contributed by atoms with E-state index in [-0.39, 0.29) is 11.9 Å². The molecule has 0 aromatic heterocycles. The van der Waals surface area contributed by atoms with Crippen LogP contribution in [0.25, 0.3) is 0 Å². The molecule has 0 bridgehead atoms. The Hall–Kier alpha value is -0.410. The largest absolute Gasteiger partial charge is 0.308 e. The predicted molar refractivity (Wildman–Crippen MR) is 65.4 cm³/mol. The Kier molecular flexibility index (Phi) is 4.74. The van der Waals surface area contributed by atoms with E-state index in [9.17, 15) is 4.39 Å². The van der Waals surface area contributed by atoms with Crippen LogP contribution in [-0.2, 0) is 0 Å². The lowest BCUT2D eigenvalue weighted by Gasteiger charge is -2.19. The van der Waals surface area contributed by atoms with Gasteiger partial charge in [0.2, 0.25) is 0 Å². The molecule has 0 radical (unpaired) electrons. The van der Waals surface area contributed by atoms with E-state index in [1.54, 1.807) is 6.07 Å². The molecule has 2 unspecified atom stereocenters. The highest BCUT2D eigenvalue weighted by Gasteiger charge is 2.12. The van der Waals surface area contributed by atoms with Gasteiger partial charge in [0.15, 0.2) is 0 Å². The summed E-state index contributed by atoms with van der Waals surface area (Å²) >= 11 is 3.35. The average Bonchev–Trinajstić information content (AvgIpc) is 2.21. The first-order valence-electron chi connectivity index (χ1n) is 5.25. The third-order valence-electron chi connectivity index (χ3n) is 2.57. The van der Waals surface area contributed by atoms with Crippen molar-refractivity contribution in [2.24, 2.45) is 0 Å². The highest BCUT2D eigenvalue weighted by Crippen LogP contribution is 2.21. The van der Waals surface area contributed by atoms with Crippen molar-refractivity contribution in [2.75, 3.05) is 0 Å². The van der Waals surface area contributed by atoms with Crippen LogP contribution in [0.4, 0.5) is 4.39 Å². The van der Waals surface area contributed by atoms with Gasteiger partial charge in [0.25, 0.3) is 0 Å². The Morgan fingerprint density at radius 2 is 2.07 bits per heavy atom. The van der Waals surface area contributed by atoms with Gasteiger partial charge in [-0.05, 0) is 38.5 Å². The van der Waals surface area contributed by atoms with Gasteiger partial charge in [0.1, 0.15) is 5.82 Å². The standard InChI is InChI=1S/C12H17BrFN/c1-4-8(2)15-9(3)11-7-10(13)5-6-12(11)14/h5-9,15H,4H2,1-3H3. The summed E-state index contributed by atoms with van der Waals surface area (Å²) < 4.78 is 14.4. The molecule has 1 aromatic rings. The van der Waals surface area contributed by atoms with Crippen molar-refractivity contribution in [3.8, 4) is 0 Å². The van der Waals surface area contributed by atoms with Gasteiger partial charge in [0, 0.05) is 22.1 Å². The molecule has 1 nitrogen and oxygen atoms in total. The Labute approximate surface area is 99.2 Å². The molecular formula is C12H17BrFN. The molecule has 0 spiro atoms. The molecule has 84 valence electrons. The average molecular weight is 274 g/mol. The molecule has 0 saturated carbocycles. The molecule has 0 aliphatic carbocycles. The molecule has 1 aromatic carbocycles. The predicted octanol–water partition coefficient (Wildman–Crippen LogP) is 4.04. The second kappa shape index (κ2) is 5.61. The summed E-state index contributed by atoms with van der Waals surface area (Å²) in [6, 6.07) is 5.48. The van der Waals surface area contributed by atoms with Gasteiger partial charge in [-0.25, -0.2) is 4.39 Å². The number of hydrogen-bond acceptors (Lipinski definition) is 1. The minimum atomic E-state index is -0.151. The highest BCUT2D eigenvalue weighted by molar-refractivity contribution is 9.10. The fourth-order valence-electron chi connectivity index (χ4n) is 1.48. The molecule has 0 amide bonds. The first-order chi connectivity index (χ1) is 7.04. The molecule has 0 heterocycles. The van der Waals surface area contributed by atoms with Crippen molar-refractivity contribution >= 4 is 15.9 Å². The van der Waals surface area contributed by atoms with Crippen molar-refractivity contribution in [3.63, 3.8) is 0 Å². The minimum absolute atomic E-state index is 0.0393. The van der Waals surface area contributed by atoms with Crippen molar-refractivity contribution in [2.45, 2.75) is 39.3 Å². The van der Waals surface area contributed by atoms with Gasteiger partial charge in [-0.3, -0.25) is 0 Å². The number of nitrogens with one attached hydrogen (secondary N) is 1. The van der Waals surface area contributed by atoms with Crippen LogP contribution in [0.2, 0.25) is 0 Å². The van der Waals surface area contributed by atoms with Crippen LogP contribution < -0.4 is 5.32 Å². The fraction of sp³-hybridized carbons (Fsp3) is 0.500. The molecule has 1 N–H and O–H groups in total. The van der Waals surface area contributed by atoms with E-state index in [1.165, 1.54) is 6.07 Å². The van der Waals surface area contributed by atoms with Crippen LogP contribution in [0, 0.1) is 5.82 Å². The maximum atomic E-state index is 13.5. The van der Waals surface area contributed by atoms with E-state index >= 15 is 0 Å². The van der Waals surface area contributed by atoms with E-state index in [1.807, 2.05) is 13.0 Å². The van der Waals surface area contributed by atoms with Crippen LogP contribution in [0.5, 0.6) is 0 Å². The maximum Gasteiger partial charge on any atom is 0.128 e. The van der Waals surface area contributed by atoms with Crippen molar-refractivity contribution in [3.05, 3.63) is 34.1 Å². The van der Waals surface area contributed by atoms with Crippen molar-refractivity contribution < 1.29 is 4.39 Å². The van der Waals surface area contributed by atoms with Crippen LogP contribution in [-0.4, -0.2) is 6.04 Å². The normalized spacial score (nSPS) is 15.0. The monoisotopic (exact) mass is 273 g/mol. The summed E-state index contributed by atoms with van der Waals surface area (Å²) in [4.78, 5) is 0. The quantitative estimate of drug-likeness (QED) is 0.873. The number of halogens is 2. The maximum absolute atomic E-state index is 13.5. The zero-order chi connectivity index (χ0) is 11.4. The smallest absolute Gasteiger partial charge is 0.128 e. The van der Waals surface area contributed by atoms with Crippen molar-refractivity contribution in [1.82, 2.24) is 5.32 Å². The van der Waals surface area contributed by atoms with Gasteiger partial charge in [-0.2, -0.15) is 0 Å². The highest BCUT2D eigenvalue weighted by atomic mass is 79.9. The van der Waals surface area contributed by atoms with Gasteiger partial charge < -0.3 is 5.32 Å². The van der Waals surface area contributed by atoms with Gasteiger partial charge in [0.05, 0.1) is 0 Å². The Morgan fingerprint density at radius 1 is 1.40 bits per heavy atom. The summed E-state index contributed by atoms with van der Waals surface area (Å²) in [6.07, 6.45) is 1.04. The first kappa shape index (κ1) is 12.7. The Morgan fingerprint density at radius 3 is 2.67 bits per heavy atom. The molecule has 15 heavy (non-hydrogen) atoms. The number of benzene rings is 1.